The first-order chi connectivity index (χ1) is 10.0. The molecule has 0 aliphatic rings. The van der Waals surface area contributed by atoms with Crippen LogP contribution in [-0.2, 0) is 0 Å². The second-order valence-corrected chi connectivity index (χ2v) is 4.95. The van der Waals surface area contributed by atoms with Gasteiger partial charge >= 0.3 is 0 Å². The first kappa shape index (κ1) is 15.5. The summed E-state index contributed by atoms with van der Waals surface area (Å²) in [6.45, 7) is 2.58. The number of aromatic nitrogens is 1. The lowest BCUT2D eigenvalue weighted by Gasteiger charge is -2.09. The van der Waals surface area contributed by atoms with Gasteiger partial charge in [0.15, 0.2) is 0 Å². The second-order valence-electron chi connectivity index (χ2n) is 4.14. The predicted molar refractivity (Wildman–Crippen MR) is 82.8 cm³/mol. The monoisotopic (exact) mass is 327 g/mol. The van der Waals surface area contributed by atoms with E-state index in [1.807, 2.05) is 6.92 Å². The Morgan fingerprint density at radius 1 is 1.24 bits per heavy atom. The number of anilines is 2. The van der Waals surface area contributed by atoms with Crippen molar-refractivity contribution >= 4 is 40.6 Å². The van der Waals surface area contributed by atoms with Gasteiger partial charge in [-0.25, -0.2) is 9.37 Å². The average Bonchev–Trinajstić information content (AvgIpc) is 2.45. The van der Waals surface area contributed by atoms with Crippen molar-refractivity contribution in [3.63, 3.8) is 0 Å². The van der Waals surface area contributed by atoms with Gasteiger partial charge in [-0.05, 0) is 37.3 Å². The Morgan fingerprint density at radius 3 is 2.67 bits per heavy atom. The molecule has 2 aromatic rings. The van der Waals surface area contributed by atoms with Crippen molar-refractivity contribution in [3.8, 4) is 0 Å². The maximum Gasteiger partial charge on any atom is 0.275 e. The number of hydrogen-bond acceptors (Lipinski definition) is 3. The molecule has 0 saturated carbocycles. The summed E-state index contributed by atoms with van der Waals surface area (Å²) in [5.74, 6) is -0.508. The standard InChI is InChI=1S/C14H12Cl2FN3O/c1-2-18-12-6-4-9(15)13(20-12)14(21)19-8-3-5-11(17)10(16)7-8/h3-7H,2H2,1H3,(H,18,20)(H,19,21). The Hall–Kier alpha value is -1.85. The van der Waals surface area contributed by atoms with Gasteiger partial charge in [0.05, 0.1) is 10.0 Å². The van der Waals surface area contributed by atoms with Gasteiger partial charge in [-0.15, -0.1) is 0 Å². The number of pyridine rings is 1. The van der Waals surface area contributed by atoms with Crippen LogP contribution in [0.3, 0.4) is 0 Å². The van der Waals surface area contributed by atoms with E-state index >= 15 is 0 Å². The van der Waals surface area contributed by atoms with Gasteiger partial charge in [0.25, 0.3) is 5.91 Å². The quantitative estimate of drug-likeness (QED) is 0.884. The van der Waals surface area contributed by atoms with Crippen molar-refractivity contribution in [1.29, 1.82) is 0 Å². The van der Waals surface area contributed by atoms with Crippen LogP contribution in [0.5, 0.6) is 0 Å². The van der Waals surface area contributed by atoms with Crippen LogP contribution >= 0.6 is 23.2 Å². The van der Waals surface area contributed by atoms with E-state index in [1.54, 1.807) is 12.1 Å². The SMILES string of the molecule is CCNc1ccc(Cl)c(C(=O)Nc2ccc(F)c(Cl)c2)n1. The molecule has 4 nitrogen and oxygen atoms in total. The number of hydrogen-bond donors (Lipinski definition) is 2. The summed E-state index contributed by atoms with van der Waals surface area (Å²) < 4.78 is 13.1. The normalized spacial score (nSPS) is 10.3. The molecule has 1 amide bonds. The van der Waals surface area contributed by atoms with E-state index in [9.17, 15) is 9.18 Å². The average molecular weight is 328 g/mol. The first-order valence-electron chi connectivity index (χ1n) is 6.18. The summed E-state index contributed by atoms with van der Waals surface area (Å²) in [5.41, 5.74) is 0.439. The van der Waals surface area contributed by atoms with Gasteiger partial charge in [0.1, 0.15) is 17.3 Å². The van der Waals surface area contributed by atoms with Gasteiger partial charge in [-0.2, -0.15) is 0 Å². The molecule has 2 rings (SSSR count). The van der Waals surface area contributed by atoms with Crippen molar-refractivity contribution in [1.82, 2.24) is 4.98 Å². The van der Waals surface area contributed by atoms with Gasteiger partial charge in [-0.3, -0.25) is 4.79 Å². The molecule has 110 valence electrons. The molecule has 1 aromatic carbocycles. The minimum Gasteiger partial charge on any atom is -0.370 e. The fourth-order valence-corrected chi connectivity index (χ4v) is 2.02. The van der Waals surface area contributed by atoms with Crippen molar-refractivity contribution in [2.75, 3.05) is 17.2 Å². The molecule has 0 aliphatic heterocycles. The number of carbonyl (C=O) groups is 1. The fraction of sp³-hybridized carbons (Fsp3) is 0.143. The van der Waals surface area contributed by atoms with Crippen LogP contribution in [0.2, 0.25) is 10.0 Å². The number of amides is 1. The molecule has 0 atom stereocenters. The zero-order chi connectivity index (χ0) is 15.4. The summed E-state index contributed by atoms with van der Waals surface area (Å²) in [7, 11) is 0. The maximum atomic E-state index is 13.1. The molecule has 0 saturated heterocycles. The van der Waals surface area contributed by atoms with Crippen molar-refractivity contribution in [3.05, 3.63) is 51.9 Å². The van der Waals surface area contributed by atoms with Crippen LogP contribution < -0.4 is 10.6 Å². The van der Waals surface area contributed by atoms with Crippen LogP contribution in [0.1, 0.15) is 17.4 Å². The molecule has 0 spiro atoms. The fourth-order valence-electron chi connectivity index (χ4n) is 1.65. The maximum absolute atomic E-state index is 13.1. The Balaban J connectivity index is 2.23. The molecule has 0 radical (unpaired) electrons. The van der Waals surface area contributed by atoms with Crippen molar-refractivity contribution in [2.45, 2.75) is 6.92 Å². The summed E-state index contributed by atoms with van der Waals surface area (Å²) in [4.78, 5) is 16.3. The summed E-state index contributed by atoms with van der Waals surface area (Å²) in [6.07, 6.45) is 0. The van der Waals surface area contributed by atoms with Crippen LogP contribution in [0.4, 0.5) is 15.9 Å². The summed E-state index contributed by atoms with van der Waals surface area (Å²) in [6, 6.07) is 7.15. The first-order valence-corrected chi connectivity index (χ1v) is 6.93. The van der Waals surface area contributed by atoms with Crippen LogP contribution in [0, 0.1) is 5.82 Å². The molecule has 0 fully saturated rings. The van der Waals surface area contributed by atoms with E-state index < -0.39 is 11.7 Å². The molecule has 0 unspecified atom stereocenters. The topological polar surface area (TPSA) is 54.0 Å². The molecule has 1 aromatic heterocycles. The van der Waals surface area contributed by atoms with Crippen LogP contribution in [0.25, 0.3) is 0 Å². The van der Waals surface area contributed by atoms with Gasteiger partial charge in [0.2, 0.25) is 0 Å². The lowest BCUT2D eigenvalue weighted by molar-refractivity contribution is 0.102. The Labute approximate surface area is 131 Å². The number of nitrogens with one attached hydrogen (secondary N) is 2. The lowest BCUT2D eigenvalue weighted by atomic mass is 10.2. The number of benzene rings is 1. The van der Waals surface area contributed by atoms with E-state index in [1.165, 1.54) is 18.2 Å². The zero-order valence-corrected chi connectivity index (χ0v) is 12.6. The highest BCUT2D eigenvalue weighted by Crippen LogP contribution is 2.22. The Morgan fingerprint density at radius 2 is 2.00 bits per heavy atom. The molecule has 1 heterocycles. The number of rotatable bonds is 4. The summed E-state index contributed by atoms with van der Waals surface area (Å²) >= 11 is 11.6. The van der Waals surface area contributed by atoms with E-state index in [0.29, 0.717) is 18.1 Å². The molecule has 0 aliphatic carbocycles. The van der Waals surface area contributed by atoms with Gasteiger partial charge in [-0.1, -0.05) is 23.2 Å². The lowest BCUT2D eigenvalue weighted by Crippen LogP contribution is -2.15. The third kappa shape index (κ3) is 3.83. The van der Waals surface area contributed by atoms with Crippen molar-refractivity contribution in [2.24, 2.45) is 0 Å². The Bertz CT molecular complexity index is 679. The number of halogens is 3. The molecule has 7 heteroatoms. The van der Waals surface area contributed by atoms with Crippen LogP contribution in [0.15, 0.2) is 30.3 Å². The van der Waals surface area contributed by atoms with Gasteiger partial charge < -0.3 is 10.6 Å². The van der Waals surface area contributed by atoms with Crippen molar-refractivity contribution < 1.29 is 9.18 Å². The third-order valence-electron chi connectivity index (χ3n) is 2.60. The number of nitrogens with zero attached hydrogens (tertiary/aromatic N) is 1. The minimum absolute atomic E-state index is 0.0757. The number of carbonyl (C=O) groups excluding carboxylic acids is 1. The highest BCUT2D eigenvalue weighted by molar-refractivity contribution is 6.34. The molecule has 21 heavy (non-hydrogen) atoms. The molecular formula is C14H12Cl2FN3O. The minimum atomic E-state index is -0.556. The predicted octanol–water partition coefficient (Wildman–Crippen LogP) is 4.21. The molecule has 0 bridgehead atoms. The highest BCUT2D eigenvalue weighted by Gasteiger charge is 2.14. The molecular weight excluding hydrogens is 316 g/mol. The second kappa shape index (κ2) is 6.74. The van der Waals surface area contributed by atoms with E-state index in [4.69, 9.17) is 23.2 Å². The largest absolute Gasteiger partial charge is 0.370 e. The summed E-state index contributed by atoms with van der Waals surface area (Å²) in [5, 5.41) is 5.71. The Kier molecular flexibility index (Phi) is 4.98. The van der Waals surface area contributed by atoms with E-state index in [0.717, 1.165) is 0 Å². The van der Waals surface area contributed by atoms with E-state index in [-0.39, 0.29) is 15.7 Å². The highest BCUT2D eigenvalue weighted by atomic mass is 35.5. The molecule has 2 N–H and O–H groups in total. The van der Waals surface area contributed by atoms with Crippen LogP contribution in [-0.4, -0.2) is 17.4 Å². The van der Waals surface area contributed by atoms with E-state index in [2.05, 4.69) is 15.6 Å². The third-order valence-corrected chi connectivity index (χ3v) is 3.19. The van der Waals surface area contributed by atoms with Gasteiger partial charge in [0, 0.05) is 12.2 Å². The zero-order valence-electron chi connectivity index (χ0n) is 11.1. The smallest absolute Gasteiger partial charge is 0.275 e.